The lowest BCUT2D eigenvalue weighted by Gasteiger charge is -2.51. The van der Waals surface area contributed by atoms with Crippen LogP contribution in [-0.4, -0.2) is 24.2 Å². The number of hydrogen-bond donors (Lipinski definition) is 0. The van der Waals surface area contributed by atoms with Gasteiger partial charge in [-0.05, 0) is 43.0 Å². The number of piperidine rings is 1. The van der Waals surface area contributed by atoms with Crippen molar-refractivity contribution < 1.29 is 8.81 Å². The molecule has 1 aliphatic rings. The van der Waals surface area contributed by atoms with Crippen LogP contribution in [0, 0.1) is 29.1 Å². The maximum absolute atomic E-state index is 15.2. The van der Waals surface area contributed by atoms with E-state index in [0.29, 0.717) is 6.54 Å². The van der Waals surface area contributed by atoms with E-state index in [1.54, 1.807) is 0 Å². The molecule has 3 nitrogen and oxygen atoms in total. The molecule has 1 fully saturated rings. The van der Waals surface area contributed by atoms with Gasteiger partial charge in [-0.2, -0.15) is 5.26 Å². The topological polar surface area (TPSA) is 40.2 Å². The molecule has 2 atom stereocenters. The second-order valence-corrected chi connectivity index (χ2v) is 8.80. The molecule has 1 aliphatic heterocycles. The first-order chi connectivity index (χ1) is 12.7. The molecule has 0 spiro atoms. The number of halogens is 1. The zero-order valence-electron chi connectivity index (χ0n) is 16.8. The van der Waals surface area contributed by atoms with Gasteiger partial charge in [0.25, 0.3) is 0 Å². The predicted molar refractivity (Wildman–Crippen MR) is 106 cm³/mol. The fourth-order valence-electron chi connectivity index (χ4n) is 4.22. The molecule has 0 aliphatic carbocycles. The maximum Gasteiger partial charge on any atom is 0.134 e. The van der Waals surface area contributed by atoms with Crippen LogP contribution in [0.15, 0.2) is 40.8 Å². The minimum absolute atomic E-state index is 0.225. The Morgan fingerprint density at radius 3 is 2.44 bits per heavy atom. The van der Waals surface area contributed by atoms with Gasteiger partial charge in [0.15, 0.2) is 0 Å². The molecule has 1 aromatic heterocycles. The van der Waals surface area contributed by atoms with E-state index in [4.69, 9.17) is 4.42 Å². The van der Waals surface area contributed by atoms with Crippen molar-refractivity contribution in [1.29, 1.82) is 5.26 Å². The lowest BCUT2D eigenvalue weighted by atomic mass is 9.59. The number of likely N-dealkylation sites (tertiary alicyclic amines) is 1. The van der Waals surface area contributed by atoms with Gasteiger partial charge in [0.05, 0.1) is 6.07 Å². The minimum atomic E-state index is -0.990. The van der Waals surface area contributed by atoms with Crippen molar-refractivity contribution in [3.63, 3.8) is 0 Å². The van der Waals surface area contributed by atoms with Crippen LogP contribution in [0.2, 0.25) is 0 Å². The number of nitrogens with zero attached hydrogens (tertiary/aromatic N) is 2. The van der Waals surface area contributed by atoms with Gasteiger partial charge in [-0.1, -0.05) is 45.0 Å². The Bertz CT molecular complexity index is 812. The largest absolute Gasteiger partial charge is 0.461 e. The number of nitriles is 1. The maximum atomic E-state index is 15.2. The molecule has 2 heterocycles. The van der Waals surface area contributed by atoms with Crippen LogP contribution in [0.5, 0.6) is 0 Å². The summed E-state index contributed by atoms with van der Waals surface area (Å²) < 4.78 is 20.9. The highest BCUT2D eigenvalue weighted by Crippen LogP contribution is 2.50. The summed E-state index contributed by atoms with van der Waals surface area (Å²) in [6, 6.07) is 14.5. The molecule has 2 unspecified atom stereocenters. The summed E-state index contributed by atoms with van der Waals surface area (Å²) >= 11 is 0. The van der Waals surface area contributed by atoms with Crippen molar-refractivity contribution in [2.45, 2.75) is 53.3 Å². The molecule has 0 bridgehead atoms. The van der Waals surface area contributed by atoms with E-state index < -0.39 is 11.6 Å². The van der Waals surface area contributed by atoms with Crippen LogP contribution in [0.4, 0.5) is 4.39 Å². The lowest BCUT2D eigenvalue weighted by Crippen LogP contribution is -2.54. The highest BCUT2D eigenvalue weighted by Gasteiger charge is 2.51. The van der Waals surface area contributed by atoms with Gasteiger partial charge in [0.1, 0.15) is 17.7 Å². The van der Waals surface area contributed by atoms with Crippen molar-refractivity contribution in [3.05, 3.63) is 47.7 Å². The number of rotatable bonds is 4. The summed E-state index contributed by atoms with van der Waals surface area (Å²) in [6.45, 7) is 10.0. The Morgan fingerprint density at radius 2 is 1.93 bits per heavy atom. The standard InChI is InChI=1S/C23H29FN2O/c1-17-5-10-20(27-17)19-8-6-18(7-9-19)15-26-14-12-23(11-13-25,21(24)16-26)22(2,3)4/h5-10,21H,11-12,14-16H2,1-4H3. The Hall–Kier alpha value is -2.12. The van der Waals surface area contributed by atoms with E-state index in [9.17, 15) is 5.26 Å². The molecule has 27 heavy (non-hydrogen) atoms. The van der Waals surface area contributed by atoms with Gasteiger partial charge in [0.2, 0.25) is 0 Å². The van der Waals surface area contributed by atoms with Crippen molar-refractivity contribution in [2.75, 3.05) is 13.1 Å². The minimum Gasteiger partial charge on any atom is -0.461 e. The molecule has 0 amide bonds. The quantitative estimate of drug-likeness (QED) is 0.690. The van der Waals surface area contributed by atoms with E-state index in [0.717, 1.165) is 42.2 Å². The molecule has 144 valence electrons. The van der Waals surface area contributed by atoms with Crippen molar-refractivity contribution >= 4 is 0 Å². The van der Waals surface area contributed by atoms with Gasteiger partial charge < -0.3 is 4.42 Å². The number of alkyl halides is 1. The number of benzene rings is 1. The van der Waals surface area contributed by atoms with Crippen molar-refractivity contribution in [3.8, 4) is 17.4 Å². The summed E-state index contributed by atoms with van der Waals surface area (Å²) in [4.78, 5) is 2.16. The molecule has 1 aromatic carbocycles. The number of aryl methyl sites for hydroxylation is 1. The average molecular weight is 368 g/mol. The average Bonchev–Trinajstić information content (AvgIpc) is 3.03. The number of furan rings is 1. The van der Waals surface area contributed by atoms with E-state index in [1.165, 1.54) is 0 Å². The Morgan fingerprint density at radius 1 is 1.22 bits per heavy atom. The summed E-state index contributed by atoms with van der Waals surface area (Å²) in [6.07, 6.45) is 0.00820. The molecule has 3 rings (SSSR count). The van der Waals surface area contributed by atoms with E-state index in [1.807, 2.05) is 19.1 Å². The van der Waals surface area contributed by atoms with E-state index in [2.05, 4.69) is 56.0 Å². The van der Waals surface area contributed by atoms with Gasteiger partial charge in [0, 0.05) is 30.5 Å². The predicted octanol–water partition coefficient (Wildman–Crippen LogP) is 5.75. The van der Waals surface area contributed by atoms with Crippen molar-refractivity contribution in [2.24, 2.45) is 10.8 Å². The molecular weight excluding hydrogens is 339 g/mol. The molecule has 4 heteroatoms. The van der Waals surface area contributed by atoms with Crippen LogP contribution in [-0.2, 0) is 6.54 Å². The lowest BCUT2D eigenvalue weighted by molar-refractivity contribution is -0.0660. The third kappa shape index (κ3) is 3.94. The van der Waals surface area contributed by atoms with Crippen LogP contribution in [0.1, 0.15) is 44.9 Å². The summed E-state index contributed by atoms with van der Waals surface area (Å²) in [5.74, 6) is 1.77. The zero-order valence-corrected chi connectivity index (χ0v) is 16.8. The SMILES string of the molecule is Cc1ccc(-c2ccc(CN3CCC(CC#N)(C(C)(C)C)C(F)C3)cc2)o1. The van der Waals surface area contributed by atoms with Crippen molar-refractivity contribution in [1.82, 2.24) is 4.90 Å². The molecule has 0 radical (unpaired) electrons. The van der Waals surface area contributed by atoms with E-state index >= 15 is 4.39 Å². The molecule has 1 saturated heterocycles. The zero-order chi connectivity index (χ0) is 19.7. The second-order valence-electron chi connectivity index (χ2n) is 8.80. The normalized spacial score (nSPS) is 23.9. The molecular formula is C23H29FN2O. The summed E-state index contributed by atoms with van der Waals surface area (Å²) in [5.41, 5.74) is 1.43. The Kier molecular flexibility index (Phi) is 5.44. The van der Waals surface area contributed by atoms with Gasteiger partial charge >= 0.3 is 0 Å². The first-order valence-corrected chi connectivity index (χ1v) is 9.64. The highest BCUT2D eigenvalue weighted by atomic mass is 19.1. The molecule has 0 saturated carbocycles. The third-order valence-electron chi connectivity index (χ3n) is 6.17. The molecule has 2 aromatic rings. The van der Waals surface area contributed by atoms with Gasteiger partial charge in [-0.3, -0.25) is 4.90 Å². The first kappa shape index (κ1) is 19.6. The van der Waals surface area contributed by atoms with Crippen LogP contribution < -0.4 is 0 Å². The Balaban J connectivity index is 1.67. The summed E-state index contributed by atoms with van der Waals surface area (Å²) in [7, 11) is 0. The first-order valence-electron chi connectivity index (χ1n) is 9.64. The number of hydrogen-bond acceptors (Lipinski definition) is 3. The Labute approximate surface area is 161 Å². The van der Waals surface area contributed by atoms with Gasteiger partial charge in [-0.25, -0.2) is 4.39 Å². The fraction of sp³-hybridized carbons (Fsp3) is 0.522. The fourth-order valence-corrected chi connectivity index (χ4v) is 4.22. The van der Waals surface area contributed by atoms with Gasteiger partial charge in [-0.15, -0.1) is 0 Å². The van der Waals surface area contributed by atoms with Crippen LogP contribution in [0.25, 0.3) is 11.3 Å². The van der Waals surface area contributed by atoms with E-state index in [-0.39, 0.29) is 11.8 Å². The highest BCUT2D eigenvalue weighted by molar-refractivity contribution is 5.57. The molecule has 0 N–H and O–H groups in total. The van der Waals surface area contributed by atoms with Crippen LogP contribution >= 0.6 is 0 Å². The third-order valence-corrected chi connectivity index (χ3v) is 6.17. The summed E-state index contributed by atoms with van der Waals surface area (Å²) in [5, 5.41) is 9.25. The van der Waals surface area contributed by atoms with Crippen LogP contribution in [0.3, 0.4) is 0 Å². The smallest absolute Gasteiger partial charge is 0.134 e. The second kappa shape index (κ2) is 7.48. The monoisotopic (exact) mass is 368 g/mol.